The van der Waals surface area contributed by atoms with Crippen LogP contribution < -0.4 is 10.6 Å². The second-order valence-electron chi connectivity index (χ2n) is 5.16. The molecule has 0 aliphatic heterocycles. The van der Waals surface area contributed by atoms with Crippen molar-refractivity contribution in [3.8, 4) is 0 Å². The first-order valence-electron chi connectivity index (χ1n) is 6.82. The fourth-order valence-electron chi connectivity index (χ4n) is 2.52. The normalized spacial score (nSPS) is 17.8. The minimum absolute atomic E-state index is 0.0306. The third-order valence-corrected chi connectivity index (χ3v) is 5.20. The fourth-order valence-corrected chi connectivity index (χ4v) is 3.43. The molecule has 1 aliphatic rings. The molecule has 118 valence electrons. The van der Waals surface area contributed by atoms with E-state index in [0.717, 1.165) is 18.9 Å². The van der Waals surface area contributed by atoms with Gasteiger partial charge < -0.3 is 10.6 Å². The van der Waals surface area contributed by atoms with Crippen molar-refractivity contribution < 1.29 is 13.2 Å². The van der Waals surface area contributed by atoms with Crippen molar-refractivity contribution in [2.24, 2.45) is 0 Å². The van der Waals surface area contributed by atoms with Crippen LogP contribution >= 0.6 is 11.8 Å². The Morgan fingerprint density at radius 3 is 2.48 bits per heavy atom. The zero-order chi connectivity index (χ0) is 15.5. The Bertz CT molecular complexity index is 487. The van der Waals surface area contributed by atoms with Gasteiger partial charge >= 0.3 is 6.18 Å². The van der Waals surface area contributed by atoms with Gasteiger partial charge in [-0.2, -0.15) is 29.9 Å². The van der Waals surface area contributed by atoms with Crippen molar-refractivity contribution in [3.05, 3.63) is 11.8 Å². The number of nitrogens with zero attached hydrogens (tertiary/aromatic N) is 2. The van der Waals surface area contributed by atoms with E-state index >= 15 is 0 Å². The molecule has 2 rings (SSSR count). The number of alkyl halides is 3. The molecule has 0 saturated heterocycles. The van der Waals surface area contributed by atoms with Crippen molar-refractivity contribution in [2.45, 2.75) is 36.6 Å². The fraction of sp³-hybridized carbons (Fsp3) is 0.692. The summed E-state index contributed by atoms with van der Waals surface area (Å²) in [7, 11) is 1.50. The van der Waals surface area contributed by atoms with Gasteiger partial charge in [0, 0.05) is 24.4 Å². The highest BCUT2D eigenvalue weighted by atomic mass is 32.2. The lowest BCUT2D eigenvalue weighted by atomic mass is 10.1. The summed E-state index contributed by atoms with van der Waals surface area (Å²) in [4.78, 5) is 7.50. The van der Waals surface area contributed by atoms with Crippen molar-refractivity contribution in [1.29, 1.82) is 0 Å². The average Bonchev–Trinajstić information content (AvgIpc) is 2.93. The van der Waals surface area contributed by atoms with Crippen LogP contribution in [-0.2, 0) is 6.18 Å². The Morgan fingerprint density at radius 1 is 1.29 bits per heavy atom. The predicted octanol–water partition coefficient (Wildman–Crippen LogP) is 3.62. The van der Waals surface area contributed by atoms with Gasteiger partial charge in [0.2, 0.25) is 5.95 Å². The smallest absolute Gasteiger partial charge is 0.368 e. The molecule has 1 aliphatic carbocycles. The van der Waals surface area contributed by atoms with Crippen LogP contribution in [0.3, 0.4) is 0 Å². The van der Waals surface area contributed by atoms with E-state index in [4.69, 9.17) is 0 Å². The lowest BCUT2D eigenvalue weighted by Crippen LogP contribution is -2.30. The number of halogens is 3. The molecule has 1 saturated carbocycles. The van der Waals surface area contributed by atoms with E-state index < -0.39 is 11.9 Å². The Labute approximate surface area is 126 Å². The maximum Gasteiger partial charge on any atom is 0.433 e. The average molecular weight is 320 g/mol. The number of anilines is 2. The van der Waals surface area contributed by atoms with E-state index in [-0.39, 0.29) is 16.5 Å². The molecule has 1 heterocycles. The molecule has 0 atom stereocenters. The molecule has 0 spiro atoms. The Balaban J connectivity index is 2.15. The Morgan fingerprint density at radius 2 is 1.95 bits per heavy atom. The topological polar surface area (TPSA) is 49.8 Å². The number of rotatable bonds is 5. The van der Waals surface area contributed by atoms with E-state index in [0.29, 0.717) is 6.54 Å². The van der Waals surface area contributed by atoms with Crippen LogP contribution in [0.25, 0.3) is 0 Å². The minimum Gasteiger partial charge on any atom is -0.368 e. The van der Waals surface area contributed by atoms with Gasteiger partial charge in [0.15, 0.2) is 5.69 Å². The van der Waals surface area contributed by atoms with Crippen LogP contribution in [0.1, 0.15) is 31.4 Å². The number of hydrogen-bond donors (Lipinski definition) is 2. The molecular weight excluding hydrogens is 301 g/mol. The SMILES string of the molecule is CNc1nc(NCC2(SC)CCCC2)cc(C(F)(F)F)n1. The molecule has 0 unspecified atom stereocenters. The molecule has 1 aromatic heterocycles. The molecule has 1 fully saturated rings. The highest BCUT2D eigenvalue weighted by Gasteiger charge is 2.35. The van der Waals surface area contributed by atoms with Crippen molar-refractivity contribution in [1.82, 2.24) is 9.97 Å². The second kappa shape index (κ2) is 6.29. The van der Waals surface area contributed by atoms with E-state index in [1.165, 1.54) is 19.9 Å². The predicted molar refractivity (Wildman–Crippen MR) is 79.8 cm³/mol. The lowest BCUT2D eigenvalue weighted by Gasteiger charge is -2.27. The molecule has 21 heavy (non-hydrogen) atoms. The maximum absolute atomic E-state index is 12.8. The Hall–Kier alpha value is -1.18. The highest BCUT2D eigenvalue weighted by molar-refractivity contribution is 8.00. The number of nitrogens with one attached hydrogen (secondary N) is 2. The molecule has 0 aromatic carbocycles. The summed E-state index contributed by atoms with van der Waals surface area (Å²) >= 11 is 1.78. The third kappa shape index (κ3) is 3.93. The summed E-state index contributed by atoms with van der Waals surface area (Å²) < 4.78 is 38.6. The lowest BCUT2D eigenvalue weighted by molar-refractivity contribution is -0.141. The third-order valence-electron chi connectivity index (χ3n) is 3.78. The first kappa shape index (κ1) is 16.2. The van der Waals surface area contributed by atoms with Gasteiger partial charge in [0.25, 0.3) is 0 Å². The molecule has 0 radical (unpaired) electrons. The Kier molecular flexibility index (Phi) is 4.85. The van der Waals surface area contributed by atoms with Crippen LogP contribution in [0, 0.1) is 0 Å². The number of thioether (sulfide) groups is 1. The summed E-state index contributed by atoms with van der Waals surface area (Å²) in [5.41, 5.74) is -0.936. The van der Waals surface area contributed by atoms with Gasteiger partial charge in [0.05, 0.1) is 0 Å². The quantitative estimate of drug-likeness (QED) is 0.868. The van der Waals surface area contributed by atoms with Crippen LogP contribution in [0.4, 0.5) is 24.9 Å². The zero-order valence-electron chi connectivity index (χ0n) is 12.0. The van der Waals surface area contributed by atoms with Gasteiger partial charge in [-0.05, 0) is 19.1 Å². The van der Waals surface area contributed by atoms with Gasteiger partial charge in [-0.3, -0.25) is 0 Å². The van der Waals surface area contributed by atoms with Gasteiger partial charge in [-0.15, -0.1) is 0 Å². The largest absolute Gasteiger partial charge is 0.433 e. The van der Waals surface area contributed by atoms with E-state index in [1.807, 2.05) is 6.26 Å². The van der Waals surface area contributed by atoms with Crippen LogP contribution in [0.2, 0.25) is 0 Å². The maximum atomic E-state index is 12.8. The highest BCUT2D eigenvalue weighted by Crippen LogP contribution is 2.40. The van der Waals surface area contributed by atoms with Crippen molar-refractivity contribution >= 4 is 23.5 Å². The molecule has 8 heteroatoms. The summed E-state index contributed by atoms with van der Waals surface area (Å²) in [6.45, 7) is 0.617. The van der Waals surface area contributed by atoms with Crippen molar-refractivity contribution in [3.63, 3.8) is 0 Å². The zero-order valence-corrected chi connectivity index (χ0v) is 12.9. The minimum atomic E-state index is -4.48. The molecule has 0 bridgehead atoms. The molecule has 1 aromatic rings. The molecular formula is C13H19F3N4S. The van der Waals surface area contributed by atoms with Gasteiger partial charge in [-0.1, -0.05) is 12.8 Å². The van der Waals surface area contributed by atoms with Crippen molar-refractivity contribution in [2.75, 3.05) is 30.5 Å². The first-order valence-corrected chi connectivity index (χ1v) is 8.04. The molecule has 2 N–H and O–H groups in total. The van der Waals surface area contributed by atoms with Crippen LogP contribution in [0.5, 0.6) is 0 Å². The summed E-state index contributed by atoms with van der Waals surface area (Å²) in [6.07, 6.45) is 2.07. The summed E-state index contributed by atoms with van der Waals surface area (Å²) in [5, 5.41) is 5.62. The number of hydrogen-bond acceptors (Lipinski definition) is 5. The first-order chi connectivity index (χ1) is 9.88. The van der Waals surface area contributed by atoms with Gasteiger partial charge in [0.1, 0.15) is 5.82 Å². The van der Waals surface area contributed by atoms with E-state index in [2.05, 4.69) is 20.6 Å². The van der Waals surface area contributed by atoms with Gasteiger partial charge in [-0.25, -0.2) is 4.98 Å². The van der Waals surface area contributed by atoms with Crippen LogP contribution in [-0.4, -0.2) is 34.6 Å². The van der Waals surface area contributed by atoms with E-state index in [1.54, 1.807) is 11.8 Å². The van der Waals surface area contributed by atoms with Crippen LogP contribution in [0.15, 0.2) is 6.07 Å². The monoisotopic (exact) mass is 320 g/mol. The standard InChI is InChI=1S/C13H19F3N4S/c1-17-11-19-9(13(14,15)16)7-10(20-11)18-8-12(21-2)5-3-4-6-12/h7H,3-6,8H2,1-2H3,(H2,17,18,19,20). The molecule has 0 amide bonds. The second-order valence-corrected chi connectivity index (χ2v) is 6.43. The summed E-state index contributed by atoms with van der Waals surface area (Å²) in [5.74, 6) is 0.180. The molecule has 4 nitrogen and oxygen atoms in total. The number of aromatic nitrogens is 2. The summed E-state index contributed by atoms with van der Waals surface area (Å²) in [6, 6.07) is 0.962. The van der Waals surface area contributed by atoms with E-state index in [9.17, 15) is 13.2 Å².